The highest BCUT2D eigenvalue weighted by Gasteiger charge is 2.50. The maximum absolute atomic E-state index is 14.6. The molecule has 2 aliphatic heterocycles. The number of aliphatic hydroxyl groups excluding tert-OH is 2. The molecule has 0 aliphatic carbocycles. The fourth-order valence-corrected chi connectivity index (χ4v) is 8.03. The van der Waals surface area contributed by atoms with Gasteiger partial charge in [-0.2, -0.15) is 0 Å². The van der Waals surface area contributed by atoms with Crippen LogP contribution in [0.25, 0.3) is 27.5 Å². The van der Waals surface area contributed by atoms with Crippen LogP contribution in [0.3, 0.4) is 0 Å². The Hall–Kier alpha value is -5.44. The number of methoxy groups -OCH3 is 1. The van der Waals surface area contributed by atoms with Gasteiger partial charge in [0.2, 0.25) is 0 Å². The van der Waals surface area contributed by atoms with Gasteiger partial charge < -0.3 is 44.7 Å². The van der Waals surface area contributed by atoms with Crippen molar-refractivity contribution in [3.63, 3.8) is 0 Å². The molecule has 0 fully saturated rings. The van der Waals surface area contributed by atoms with Crippen LogP contribution in [0.2, 0.25) is 0 Å². The molecular weight excluding hydrogens is 734 g/mol. The normalized spacial score (nSPS) is 30.8. The van der Waals surface area contributed by atoms with E-state index >= 15 is 0 Å². The van der Waals surface area contributed by atoms with E-state index in [0.29, 0.717) is 5.65 Å². The van der Waals surface area contributed by atoms with E-state index in [2.05, 4.69) is 5.32 Å². The lowest BCUT2D eigenvalue weighted by Crippen LogP contribution is -2.46. The Bertz CT molecular complexity index is 2380. The zero-order chi connectivity index (χ0) is 41.8. The van der Waals surface area contributed by atoms with Crippen molar-refractivity contribution in [3.05, 3.63) is 71.2 Å². The molecule has 0 saturated carbocycles. The summed E-state index contributed by atoms with van der Waals surface area (Å²) in [6.07, 6.45) is 5.62. The molecule has 0 unspecified atom stereocenters. The van der Waals surface area contributed by atoms with Gasteiger partial charge in [0.25, 0.3) is 11.7 Å². The molecule has 1 amide bonds. The zero-order valence-corrected chi connectivity index (χ0v) is 33.8. The Kier molecular flexibility index (Phi) is 11.2. The molecular formula is C43H51N3O11. The minimum Gasteiger partial charge on any atom is -0.507 e. The van der Waals surface area contributed by atoms with E-state index in [-0.39, 0.29) is 55.7 Å². The number of fused-ring (bicyclic) bond motifs is 2. The number of benzene rings is 2. The fourth-order valence-electron chi connectivity index (χ4n) is 8.03. The van der Waals surface area contributed by atoms with E-state index in [0.717, 1.165) is 5.56 Å². The second-order valence-electron chi connectivity index (χ2n) is 15.6. The van der Waals surface area contributed by atoms with Crippen molar-refractivity contribution in [3.8, 4) is 17.2 Å². The summed E-state index contributed by atoms with van der Waals surface area (Å²) in [6.45, 7) is 14.7. The smallest absolute Gasteiger partial charge is 0.312 e. The minimum absolute atomic E-state index is 0.0185. The number of nitrogens with one attached hydrogen (secondary N) is 1. The first kappa shape index (κ1) is 41.2. The maximum atomic E-state index is 14.6. The van der Waals surface area contributed by atoms with Gasteiger partial charge in [0.1, 0.15) is 40.0 Å². The van der Waals surface area contributed by atoms with Crippen LogP contribution in [0.1, 0.15) is 70.0 Å². The Balaban J connectivity index is 1.58. The van der Waals surface area contributed by atoms with Gasteiger partial charge in [-0.25, -0.2) is 4.98 Å². The van der Waals surface area contributed by atoms with Crippen LogP contribution in [0.5, 0.6) is 17.2 Å². The quantitative estimate of drug-likeness (QED) is 0.115. The number of hydrogen-bond donors (Lipinski definition) is 5. The average Bonchev–Trinajstić information content (AvgIpc) is 3.67. The lowest BCUT2D eigenvalue weighted by molar-refractivity contribution is -0.160. The first-order valence-corrected chi connectivity index (χ1v) is 19.0. The predicted molar refractivity (Wildman–Crippen MR) is 213 cm³/mol. The number of rotatable bonds is 2. The summed E-state index contributed by atoms with van der Waals surface area (Å²) in [4.78, 5) is 45.6. The fraction of sp³-hybridized carbons (Fsp3) is 0.442. The molecule has 14 heteroatoms. The third kappa shape index (κ3) is 7.10. The Morgan fingerprint density at radius 1 is 0.982 bits per heavy atom. The molecule has 2 aromatic heterocycles. The zero-order valence-electron chi connectivity index (χ0n) is 33.8. The Morgan fingerprint density at radius 2 is 1.68 bits per heavy atom. The summed E-state index contributed by atoms with van der Waals surface area (Å²) in [5.74, 6) is -6.96. The van der Waals surface area contributed by atoms with Crippen LogP contribution in [-0.2, 0) is 23.8 Å². The lowest BCUT2D eigenvalue weighted by atomic mass is 9.78. The molecule has 0 saturated heterocycles. The molecule has 2 aliphatic rings. The van der Waals surface area contributed by atoms with Gasteiger partial charge in [-0.3, -0.25) is 18.8 Å². The van der Waals surface area contributed by atoms with E-state index in [4.69, 9.17) is 23.9 Å². The van der Waals surface area contributed by atoms with Crippen molar-refractivity contribution in [1.82, 2.24) is 9.38 Å². The number of phenols is 2. The predicted octanol–water partition coefficient (Wildman–Crippen LogP) is 6.16. The number of imidazole rings is 1. The second-order valence-corrected chi connectivity index (χ2v) is 15.6. The summed E-state index contributed by atoms with van der Waals surface area (Å²) < 4.78 is 25.5. The molecule has 2 aromatic carbocycles. The minimum atomic E-state index is -1.96. The largest absolute Gasteiger partial charge is 0.507 e. The Morgan fingerprint density at radius 3 is 2.35 bits per heavy atom. The lowest BCUT2D eigenvalue weighted by Gasteiger charge is -2.38. The molecule has 14 nitrogen and oxygen atoms in total. The van der Waals surface area contributed by atoms with Gasteiger partial charge in [0.05, 0.1) is 35.5 Å². The highest BCUT2D eigenvalue weighted by Crippen LogP contribution is 2.54. The third-order valence-electron chi connectivity index (χ3n) is 11.5. The maximum Gasteiger partial charge on any atom is 0.312 e. The van der Waals surface area contributed by atoms with E-state index in [1.807, 2.05) is 19.1 Å². The van der Waals surface area contributed by atoms with Crippen LogP contribution in [0, 0.1) is 37.5 Å². The number of ketones is 1. The molecule has 6 rings (SSSR count). The number of Topliss-reactive ketones (excluding diaryl/α,β-unsaturated/α-hetero) is 1. The van der Waals surface area contributed by atoms with Gasteiger partial charge in [-0.1, -0.05) is 45.9 Å². The van der Waals surface area contributed by atoms with E-state index in [1.54, 1.807) is 63.4 Å². The number of nitrogens with zero attached hydrogens (tertiary/aromatic N) is 2. The summed E-state index contributed by atoms with van der Waals surface area (Å²) in [7, 11) is 1.46. The van der Waals surface area contributed by atoms with Gasteiger partial charge in [0, 0.05) is 67.3 Å². The van der Waals surface area contributed by atoms with E-state index in [9.17, 15) is 34.8 Å². The van der Waals surface area contributed by atoms with Crippen LogP contribution >= 0.6 is 0 Å². The van der Waals surface area contributed by atoms with Crippen LogP contribution < -0.4 is 10.1 Å². The van der Waals surface area contributed by atoms with Crippen molar-refractivity contribution in [2.75, 3.05) is 12.4 Å². The van der Waals surface area contributed by atoms with Crippen LogP contribution in [0.15, 0.2) is 54.5 Å². The summed E-state index contributed by atoms with van der Waals surface area (Å²) in [5.41, 5.74) is 2.18. The molecule has 0 spiro atoms. The van der Waals surface area contributed by atoms with Gasteiger partial charge in [0.15, 0.2) is 5.75 Å². The third-order valence-corrected chi connectivity index (χ3v) is 11.5. The molecule has 4 bridgehead atoms. The van der Waals surface area contributed by atoms with Crippen molar-refractivity contribution in [2.45, 2.75) is 92.5 Å². The molecule has 57 heavy (non-hydrogen) atoms. The molecule has 304 valence electrons. The molecule has 5 N–H and O–H groups in total. The van der Waals surface area contributed by atoms with Gasteiger partial charge >= 0.3 is 11.8 Å². The molecule has 4 aromatic rings. The number of carbonyl (C=O) groups is 3. The van der Waals surface area contributed by atoms with Crippen LogP contribution in [0.4, 0.5) is 5.69 Å². The number of amides is 1. The molecule has 4 heterocycles. The van der Waals surface area contributed by atoms with Crippen molar-refractivity contribution < 1.29 is 53.8 Å². The highest BCUT2D eigenvalue weighted by molar-refractivity contribution is 6.28. The number of anilines is 1. The molecule has 9 atom stereocenters. The number of aromatic hydroxyl groups is 2. The monoisotopic (exact) mass is 785 g/mol. The summed E-state index contributed by atoms with van der Waals surface area (Å²) in [6, 6.07) is 3.64. The number of allylic oxidation sites excluding steroid dienone is 2. The topological polar surface area (TPSA) is 198 Å². The second kappa shape index (κ2) is 15.5. The number of aliphatic hydroxyl groups is 2. The number of hydrogen-bond acceptors (Lipinski definition) is 12. The van der Waals surface area contributed by atoms with Gasteiger partial charge in [-0.05, 0) is 44.5 Å². The standard InChI is InChI=1S/C43H51N3O11/c1-19-14-16-46-28(18-19)44-32-29-30-37(50)25(7)40-31(29)41(52)43(9,57-40)55-17-15-27(54-10)22(4)39(56-26(8)47)24(6)36(49)23(5)35(48)20(2)12-11-13-21(3)42(53)45-33(34(32)46)38(30)51/h11-18,20,22-24,27,35-36,39,48-51H,1-10H3,(H,45,53)/b12-11-,17-15-,21-13-/t20-,22+,23+,24+,27-,35-,36-,39+,43-/m0/s1. The number of carbonyl (C=O) groups excluding carboxylic acids is 3. The van der Waals surface area contributed by atoms with Crippen LogP contribution in [-0.4, -0.2) is 84.8 Å². The number of aryl methyl sites for hydroxylation is 1. The van der Waals surface area contributed by atoms with E-state index < -0.39 is 77.3 Å². The highest BCUT2D eigenvalue weighted by atomic mass is 16.7. The number of ether oxygens (including phenoxy) is 4. The summed E-state index contributed by atoms with van der Waals surface area (Å²) in [5, 5.41) is 49.4. The van der Waals surface area contributed by atoms with Crippen molar-refractivity contribution in [1.29, 1.82) is 0 Å². The SMILES string of the molecule is CO[C@H]1/C=C\O[C@@]2(C)Oc3c(C)c(O)c4c(O)c(c5c(nc6cc(C)ccn65)c4c3C2=O)NC(=O)/C(C)=C\C=C/[C@H](C)[C@H](O)[C@@H](C)[C@H](O)[C@@H](C)[C@H](OC(C)=O)[C@@H]1C. The first-order chi connectivity index (χ1) is 26.8. The first-order valence-electron chi connectivity index (χ1n) is 19.0. The molecule has 0 radical (unpaired) electrons. The van der Waals surface area contributed by atoms with Crippen molar-refractivity contribution >= 4 is 50.8 Å². The number of aromatic nitrogens is 2. The summed E-state index contributed by atoms with van der Waals surface area (Å²) >= 11 is 0. The number of phenolic OH excluding ortho intramolecular Hbond substituents is 2. The Labute approximate surface area is 330 Å². The van der Waals surface area contributed by atoms with Crippen molar-refractivity contribution in [2.24, 2.45) is 23.7 Å². The average molecular weight is 786 g/mol. The van der Waals surface area contributed by atoms with Gasteiger partial charge in [-0.15, -0.1) is 0 Å². The van der Waals surface area contributed by atoms with E-state index in [1.165, 1.54) is 40.2 Å². The number of pyridine rings is 1. The number of esters is 1.